The van der Waals surface area contributed by atoms with E-state index in [2.05, 4.69) is 26.2 Å². The number of rotatable bonds is 5. The molecule has 128 valence electrons. The van der Waals surface area contributed by atoms with Gasteiger partial charge >= 0.3 is 0 Å². The van der Waals surface area contributed by atoms with Crippen LogP contribution >= 0.6 is 0 Å². The fraction of sp³-hybridized carbons (Fsp3) is 0.875. The van der Waals surface area contributed by atoms with Crippen LogP contribution in [0.5, 0.6) is 0 Å². The van der Waals surface area contributed by atoms with Gasteiger partial charge in [0.2, 0.25) is 11.8 Å². The minimum absolute atomic E-state index is 0. The number of amides is 2. The molecule has 22 heavy (non-hydrogen) atoms. The first-order chi connectivity index (χ1) is 9.93. The molecular formula is C16H30IN3O2. The first kappa shape index (κ1) is 19.7. The van der Waals surface area contributed by atoms with E-state index in [-0.39, 0.29) is 42.3 Å². The summed E-state index contributed by atoms with van der Waals surface area (Å²) in [6.45, 7) is 7.27. The molecule has 1 N–H and O–H groups in total. The summed E-state index contributed by atoms with van der Waals surface area (Å²) in [6.07, 6.45) is 5.35. The monoisotopic (exact) mass is 423 g/mol. The topological polar surface area (TPSA) is 49.4 Å². The number of quaternary nitrogens is 1. The van der Waals surface area contributed by atoms with E-state index in [0.717, 1.165) is 24.0 Å². The molecule has 2 atom stereocenters. The van der Waals surface area contributed by atoms with Gasteiger partial charge in [0.15, 0.2) is 0 Å². The average Bonchev–Trinajstić information content (AvgIpc) is 2.82. The molecule has 5 nitrogen and oxygen atoms in total. The van der Waals surface area contributed by atoms with Gasteiger partial charge in [0.05, 0.1) is 38.8 Å². The van der Waals surface area contributed by atoms with E-state index in [4.69, 9.17) is 0 Å². The lowest BCUT2D eigenvalue weighted by atomic mass is 9.94. The summed E-state index contributed by atoms with van der Waals surface area (Å²) >= 11 is 0. The first-order valence-electron chi connectivity index (χ1n) is 8.33. The first-order valence-corrected chi connectivity index (χ1v) is 8.33. The highest BCUT2D eigenvalue weighted by molar-refractivity contribution is 5.85. The maximum absolute atomic E-state index is 11.9. The fourth-order valence-corrected chi connectivity index (χ4v) is 3.71. The lowest BCUT2D eigenvalue weighted by Gasteiger charge is -2.48. The van der Waals surface area contributed by atoms with Crippen LogP contribution in [0.2, 0.25) is 0 Å². The van der Waals surface area contributed by atoms with Crippen molar-refractivity contribution in [1.29, 1.82) is 0 Å². The molecule has 0 radical (unpaired) electrons. The van der Waals surface area contributed by atoms with Gasteiger partial charge in [-0.1, -0.05) is 0 Å². The Hall–Kier alpha value is -0.370. The van der Waals surface area contributed by atoms with Crippen molar-refractivity contribution in [3.8, 4) is 0 Å². The quantitative estimate of drug-likeness (QED) is 0.417. The van der Waals surface area contributed by atoms with Gasteiger partial charge in [0.1, 0.15) is 0 Å². The molecule has 0 aliphatic carbocycles. The Morgan fingerprint density at radius 1 is 1.27 bits per heavy atom. The fourth-order valence-electron chi connectivity index (χ4n) is 3.71. The standard InChI is InChI=1S/C16H29N3O2.HI/c1-13-6-4-7-14(2)19(13,3)11-9-17-15(20)12-18-10-5-8-16(18)21;/h13-14H,4-12H2,1-3H3;1H. The molecule has 2 aliphatic rings. The van der Waals surface area contributed by atoms with Crippen LogP contribution in [-0.2, 0) is 9.59 Å². The predicted molar refractivity (Wildman–Crippen MR) is 82.7 cm³/mol. The minimum Gasteiger partial charge on any atom is -1.00 e. The number of halogens is 1. The molecule has 2 saturated heterocycles. The number of piperidine rings is 1. The molecule has 2 amide bonds. The van der Waals surface area contributed by atoms with E-state index in [9.17, 15) is 9.59 Å². The van der Waals surface area contributed by atoms with Gasteiger partial charge in [-0.25, -0.2) is 0 Å². The van der Waals surface area contributed by atoms with Crippen molar-refractivity contribution in [2.45, 2.75) is 58.0 Å². The predicted octanol–water partition coefficient (Wildman–Crippen LogP) is -1.86. The van der Waals surface area contributed by atoms with Crippen molar-refractivity contribution < 1.29 is 38.0 Å². The molecule has 0 spiro atoms. The molecule has 2 fully saturated rings. The van der Waals surface area contributed by atoms with Gasteiger partial charge < -0.3 is 38.7 Å². The van der Waals surface area contributed by atoms with Crippen molar-refractivity contribution in [2.24, 2.45) is 0 Å². The van der Waals surface area contributed by atoms with E-state index in [1.165, 1.54) is 19.3 Å². The second kappa shape index (κ2) is 8.47. The van der Waals surface area contributed by atoms with E-state index < -0.39 is 0 Å². The minimum atomic E-state index is -0.0193. The highest BCUT2D eigenvalue weighted by Gasteiger charge is 2.37. The Balaban J connectivity index is 0.00000242. The maximum atomic E-state index is 11.9. The van der Waals surface area contributed by atoms with Gasteiger partial charge in [-0.3, -0.25) is 9.59 Å². The lowest BCUT2D eigenvalue weighted by Crippen LogP contribution is -3.00. The van der Waals surface area contributed by atoms with Gasteiger partial charge in [0.25, 0.3) is 0 Å². The molecule has 0 aromatic heterocycles. The summed E-state index contributed by atoms with van der Waals surface area (Å²) in [5, 5.41) is 3.00. The Morgan fingerprint density at radius 2 is 1.91 bits per heavy atom. The number of hydrogen-bond donors (Lipinski definition) is 1. The Labute approximate surface area is 151 Å². The number of carbonyl (C=O) groups excluding carboxylic acids is 2. The van der Waals surface area contributed by atoms with Crippen LogP contribution < -0.4 is 29.3 Å². The van der Waals surface area contributed by atoms with Crippen molar-refractivity contribution in [1.82, 2.24) is 10.2 Å². The van der Waals surface area contributed by atoms with E-state index in [1.54, 1.807) is 4.90 Å². The molecule has 0 aromatic rings. The normalized spacial score (nSPS) is 31.8. The van der Waals surface area contributed by atoms with Crippen LogP contribution in [0.25, 0.3) is 0 Å². The number of hydrogen-bond acceptors (Lipinski definition) is 2. The zero-order valence-electron chi connectivity index (χ0n) is 14.1. The van der Waals surface area contributed by atoms with Gasteiger partial charge in [-0.15, -0.1) is 0 Å². The van der Waals surface area contributed by atoms with Crippen LogP contribution in [0.1, 0.15) is 46.0 Å². The zero-order valence-corrected chi connectivity index (χ0v) is 16.3. The molecule has 0 aromatic carbocycles. The van der Waals surface area contributed by atoms with Crippen LogP contribution in [-0.4, -0.2) is 66.5 Å². The van der Waals surface area contributed by atoms with Crippen molar-refractivity contribution in [3.63, 3.8) is 0 Å². The van der Waals surface area contributed by atoms with E-state index >= 15 is 0 Å². The summed E-state index contributed by atoms with van der Waals surface area (Å²) in [7, 11) is 2.31. The van der Waals surface area contributed by atoms with E-state index in [1.807, 2.05) is 0 Å². The van der Waals surface area contributed by atoms with E-state index in [0.29, 0.717) is 25.0 Å². The second-order valence-corrected chi connectivity index (χ2v) is 6.97. The highest BCUT2D eigenvalue weighted by Crippen LogP contribution is 2.28. The van der Waals surface area contributed by atoms with Crippen LogP contribution in [0.4, 0.5) is 0 Å². The molecule has 0 bridgehead atoms. The molecule has 2 heterocycles. The SMILES string of the molecule is CC1CCCC(C)[N+]1(C)CCNC(=O)CN1CCCC1=O.[I-]. The van der Waals surface area contributed by atoms with Crippen LogP contribution in [0, 0.1) is 0 Å². The third-order valence-corrected chi connectivity index (χ3v) is 5.68. The number of carbonyl (C=O) groups is 2. The smallest absolute Gasteiger partial charge is 0.239 e. The summed E-state index contributed by atoms with van der Waals surface area (Å²) in [6, 6.07) is 1.32. The maximum Gasteiger partial charge on any atom is 0.239 e. The summed E-state index contributed by atoms with van der Waals surface area (Å²) in [5.41, 5.74) is 0. The third kappa shape index (κ3) is 4.57. The largest absolute Gasteiger partial charge is 1.00 e. The Bertz CT molecular complexity index is 393. The highest BCUT2D eigenvalue weighted by atomic mass is 127. The molecule has 2 aliphatic heterocycles. The summed E-state index contributed by atoms with van der Waals surface area (Å²) < 4.78 is 1.04. The van der Waals surface area contributed by atoms with Crippen molar-refractivity contribution in [3.05, 3.63) is 0 Å². The van der Waals surface area contributed by atoms with Gasteiger partial charge in [-0.2, -0.15) is 0 Å². The molecule has 0 saturated carbocycles. The molecule has 2 rings (SSSR count). The van der Waals surface area contributed by atoms with Crippen molar-refractivity contribution >= 4 is 11.8 Å². The molecular weight excluding hydrogens is 393 g/mol. The van der Waals surface area contributed by atoms with Gasteiger partial charge in [0, 0.05) is 13.0 Å². The van der Waals surface area contributed by atoms with Crippen LogP contribution in [0.3, 0.4) is 0 Å². The van der Waals surface area contributed by atoms with Gasteiger partial charge in [-0.05, 0) is 39.5 Å². The molecule has 6 heteroatoms. The van der Waals surface area contributed by atoms with Crippen molar-refractivity contribution in [2.75, 3.05) is 33.2 Å². The number of nitrogens with one attached hydrogen (secondary N) is 1. The average molecular weight is 423 g/mol. The zero-order chi connectivity index (χ0) is 15.5. The third-order valence-electron chi connectivity index (χ3n) is 5.68. The van der Waals surface area contributed by atoms with Crippen LogP contribution in [0.15, 0.2) is 0 Å². The molecule has 2 unspecified atom stereocenters. The Morgan fingerprint density at radius 3 is 2.45 bits per heavy atom. The lowest BCUT2D eigenvalue weighted by molar-refractivity contribution is -0.956. The number of likely N-dealkylation sites (N-methyl/N-ethyl adjacent to an activating group) is 1. The summed E-state index contributed by atoms with van der Waals surface area (Å²) in [4.78, 5) is 25.1. The number of likely N-dealkylation sites (tertiary alicyclic amines) is 2. The Kier molecular flexibility index (Phi) is 7.58. The second-order valence-electron chi connectivity index (χ2n) is 6.97. The summed E-state index contributed by atoms with van der Waals surface area (Å²) in [5.74, 6) is 0.0941. The number of nitrogens with zero attached hydrogens (tertiary/aromatic N) is 2.